The monoisotopic (exact) mass is 308 g/mol. The van der Waals surface area contributed by atoms with E-state index in [9.17, 15) is 4.79 Å². The highest BCUT2D eigenvalue weighted by Crippen LogP contribution is 2.21. The fraction of sp³-hybridized carbons (Fsp3) is 0.231. The van der Waals surface area contributed by atoms with Crippen molar-refractivity contribution < 1.29 is 9.53 Å². The van der Waals surface area contributed by atoms with Crippen LogP contribution in [0.15, 0.2) is 35.1 Å². The zero-order valence-electron chi connectivity index (χ0n) is 9.97. The number of nitrogens with zero attached hydrogens (tertiary/aromatic N) is 2. The fourth-order valence-corrected chi connectivity index (χ4v) is 1.93. The lowest BCUT2D eigenvalue weighted by atomic mass is 10.2. The molecule has 0 unspecified atom stereocenters. The number of carbonyl (C=O) groups excluding carboxylic acids is 1. The highest BCUT2D eigenvalue weighted by atomic mass is 79.9. The molecule has 94 valence electrons. The molecule has 0 fully saturated rings. The number of aryl methyl sites for hydroxylation is 1. The lowest BCUT2D eigenvalue weighted by molar-refractivity contribution is 0.112. The van der Waals surface area contributed by atoms with Gasteiger partial charge >= 0.3 is 0 Å². The average Bonchev–Trinajstić information content (AvgIpc) is 2.77. The zero-order valence-corrected chi connectivity index (χ0v) is 11.6. The molecule has 4 nitrogen and oxygen atoms in total. The van der Waals surface area contributed by atoms with Crippen molar-refractivity contribution in [2.45, 2.75) is 6.42 Å². The molecule has 0 aliphatic heterocycles. The van der Waals surface area contributed by atoms with Gasteiger partial charge in [0.2, 0.25) is 0 Å². The van der Waals surface area contributed by atoms with Crippen molar-refractivity contribution in [3.05, 3.63) is 46.2 Å². The Labute approximate surface area is 114 Å². The SMILES string of the molecule is Cn1cc(CCOc2ccc(Br)c(C=O)c2)cn1. The second-order valence-corrected chi connectivity index (χ2v) is 4.78. The van der Waals surface area contributed by atoms with Gasteiger partial charge < -0.3 is 4.74 Å². The Kier molecular flexibility index (Phi) is 4.15. The summed E-state index contributed by atoms with van der Waals surface area (Å²) in [4.78, 5) is 10.8. The first-order valence-corrected chi connectivity index (χ1v) is 6.33. The molecule has 2 rings (SSSR count). The van der Waals surface area contributed by atoms with E-state index >= 15 is 0 Å². The molecule has 18 heavy (non-hydrogen) atoms. The molecule has 0 saturated carbocycles. The van der Waals surface area contributed by atoms with Crippen LogP contribution in [0.3, 0.4) is 0 Å². The molecule has 0 spiro atoms. The van der Waals surface area contributed by atoms with E-state index < -0.39 is 0 Å². The first-order valence-electron chi connectivity index (χ1n) is 5.54. The third-order valence-electron chi connectivity index (χ3n) is 2.51. The van der Waals surface area contributed by atoms with Gasteiger partial charge in [0.15, 0.2) is 6.29 Å². The number of hydrogen-bond acceptors (Lipinski definition) is 3. The molecular formula is C13H13BrN2O2. The normalized spacial score (nSPS) is 10.3. The second kappa shape index (κ2) is 5.82. The molecule has 0 amide bonds. The van der Waals surface area contributed by atoms with Gasteiger partial charge in [-0.25, -0.2) is 0 Å². The van der Waals surface area contributed by atoms with Crippen LogP contribution in [0.4, 0.5) is 0 Å². The van der Waals surface area contributed by atoms with Crippen molar-refractivity contribution in [2.24, 2.45) is 7.05 Å². The summed E-state index contributed by atoms with van der Waals surface area (Å²) in [5.41, 5.74) is 1.72. The van der Waals surface area contributed by atoms with Crippen molar-refractivity contribution in [2.75, 3.05) is 6.61 Å². The van der Waals surface area contributed by atoms with Crippen LogP contribution in [0.5, 0.6) is 5.75 Å². The lowest BCUT2D eigenvalue weighted by Crippen LogP contribution is -2.01. The Bertz CT molecular complexity index is 552. The molecule has 0 bridgehead atoms. The summed E-state index contributed by atoms with van der Waals surface area (Å²) >= 11 is 3.30. The average molecular weight is 309 g/mol. The molecular weight excluding hydrogens is 296 g/mol. The van der Waals surface area contributed by atoms with E-state index in [1.165, 1.54) is 0 Å². The fourth-order valence-electron chi connectivity index (χ4n) is 1.59. The van der Waals surface area contributed by atoms with Crippen LogP contribution in [-0.4, -0.2) is 22.7 Å². The summed E-state index contributed by atoms with van der Waals surface area (Å²) in [5, 5.41) is 4.09. The number of aromatic nitrogens is 2. The van der Waals surface area contributed by atoms with E-state index in [4.69, 9.17) is 4.74 Å². The number of carbonyl (C=O) groups is 1. The largest absolute Gasteiger partial charge is 0.493 e. The van der Waals surface area contributed by atoms with Gasteiger partial charge in [0.05, 0.1) is 12.8 Å². The van der Waals surface area contributed by atoms with Gasteiger partial charge in [0.1, 0.15) is 5.75 Å². The van der Waals surface area contributed by atoms with Gasteiger partial charge in [-0.1, -0.05) is 15.9 Å². The number of benzene rings is 1. The molecule has 0 aliphatic carbocycles. The highest BCUT2D eigenvalue weighted by Gasteiger charge is 2.02. The Morgan fingerprint density at radius 2 is 2.33 bits per heavy atom. The molecule has 0 radical (unpaired) electrons. The van der Waals surface area contributed by atoms with E-state index in [0.717, 1.165) is 22.7 Å². The van der Waals surface area contributed by atoms with Crippen molar-refractivity contribution in [1.29, 1.82) is 0 Å². The molecule has 0 aliphatic rings. The van der Waals surface area contributed by atoms with E-state index in [1.807, 2.05) is 31.6 Å². The van der Waals surface area contributed by atoms with Gasteiger partial charge in [-0.2, -0.15) is 5.10 Å². The minimum absolute atomic E-state index is 0.561. The maximum atomic E-state index is 10.8. The minimum atomic E-state index is 0.561. The Morgan fingerprint density at radius 3 is 3.00 bits per heavy atom. The van der Waals surface area contributed by atoms with Crippen LogP contribution in [-0.2, 0) is 13.5 Å². The molecule has 5 heteroatoms. The first kappa shape index (κ1) is 12.8. The number of halogens is 1. The standard InChI is InChI=1S/C13H13BrN2O2/c1-16-8-10(7-15-16)4-5-18-12-2-3-13(14)11(6-12)9-17/h2-3,6-9H,4-5H2,1H3. The maximum Gasteiger partial charge on any atom is 0.151 e. The van der Waals surface area contributed by atoms with Gasteiger partial charge in [-0.3, -0.25) is 9.48 Å². The molecule has 1 heterocycles. The van der Waals surface area contributed by atoms with E-state index in [2.05, 4.69) is 21.0 Å². The van der Waals surface area contributed by atoms with Crippen LogP contribution in [0, 0.1) is 0 Å². The number of rotatable bonds is 5. The Morgan fingerprint density at radius 1 is 1.50 bits per heavy atom. The van der Waals surface area contributed by atoms with Crippen LogP contribution in [0.25, 0.3) is 0 Å². The van der Waals surface area contributed by atoms with Crippen LogP contribution in [0.1, 0.15) is 15.9 Å². The molecule has 1 aromatic heterocycles. The molecule has 0 N–H and O–H groups in total. The minimum Gasteiger partial charge on any atom is -0.493 e. The third-order valence-corrected chi connectivity index (χ3v) is 3.23. The predicted molar refractivity (Wildman–Crippen MR) is 71.9 cm³/mol. The summed E-state index contributed by atoms with van der Waals surface area (Å²) < 4.78 is 8.14. The summed E-state index contributed by atoms with van der Waals surface area (Å²) in [6.07, 6.45) is 5.38. The molecule has 2 aromatic rings. The number of hydrogen-bond donors (Lipinski definition) is 0. The molecule has 0 saturated heterocycles. The topological polar surface area (TPSA) is 44.1 Å². The molecule has 1 aromatic carbocycles. The summed E-state index contributed by atoms with van der Waals surface area (Å²) in [6, 6.07) is 5.36. The number of ether oxygens (including phenoxy) is 1. The van der Waals surface area contributed by atoms with Gasteiger partial charge in [0.25, 0.3) is 0 Å². The van der Waals surface area contributed by atoms with Crippen LogP contribution < -0.4 is 4.74 Å². The predicted octanol–water partition coefficient (Wildman–Crippen LogP) is 2.62. The van der Waals surface area contributed by atoms with Crippen molar-refractivity contribution in [3.63, 3.8) is 0 Å². The highest BCUT2D eigenvalue weighted by molar-refractivity contribution is 9.10. The molecule has 0 atom stereocenters. The first-order chi connectivity index (χ1) is 8.69. The van der Waals surface area contributed by atoms with Gasteiger partial charge in [0, 0.05) is 29.7 Å². The van der Waals surface area contributed by atoms with E-state index in [0.29, 0.717) is 17.9 Å². The summed E-state index contributed by atoms with van der Waals surface area (Å²) in [5.74, 6) is 0.698. The van der Waals surface area contributed by atoms with Crippen LogP contribution in [0.2, 0.25) is 0 Å². The van der Waals surface area contributed by atoms with Crippen molar-refractivity contribution in [1.82, 2.24) is 9.78 Å². The third kappa shape index (κ3) is 3.20. The second-order valence-electron chi connectivity index (χ2n) is 3.92. The Hall–Kier alpha value is -1.62. The van der Waals surface area contributed by atoms with Crippen molar-refractivity contribution >= 4 is 22.2 Å². The smallest absolute Gasteiger partial charge is 0.151 e. The van der Waals surface area contributed by atoms with Gasteiger partial charge in [-0.05, 0) is 23.8 Å². The quantitative estimate of drug-likeness (QED) is 0.798. The van der Waals surface area contributed by atoms with Gasteiger partial charge in [-0.15, -0.1) is 0 Å². The van der Waals surface area contributed by atoms with Crippen molar-refractivity contribution in [3.8, 4) is 5.75 Å². The Balaban J connectivity index is 1.92. The summed E-state index contributed by atoms with van der Waals surface area (Å²) in [7, 11) is 1.88. The van der Waals surface area contributed by atoms with E-state index in [1.54, 1.807) is 10.7 Å². The van der Waals surface area contributed by atoms with E-state index in [-0.39, 0.29) is 0 Å². The van der Waals surface area contributed by atoms with Crippen LogP contribution >= 0.6 is 15.9 Å². The number of aldehydes is 1. The maximum absolute atomic E-state index is 10.8. The summed E-state index contributed by atoms with van der Waals surface area (Å²) in [6.45, 7) is 0.561. The zero-order chi connectivity index (χ0) is 13.0. The lowest BCUT2D eigenvalue weighted by Gasteiger charge is -2.06.